The molecule has 0 bridgehead atoms. The van der Waals surface area contributed by atoms with E-state index in [-0.39, 0.29) is 23.1 Å². The van der Waals surface area contributed by atoms with Crippen molar-refractivity contribution >= 4 is 17.4 Å². The topological polar surface area (TPSA) is 112 Å². The number of nitrogens with zero attached hydrogens (tertiary/aromatic N) is 3. The highest BCUT2D eigenvalue weighted by Crippen LogP contribution is 2.43. The van der Waals surface area contributed by atoms with Gasteiger partial charge in [-0.2, -0.15) is 13.2 Å². The monoisotopic (exact) mass is 427 g/mol. The first-order chi connectivity index (χ1) is 14.0. The van der Waals surface area contributed by atoms with Crippen LogP contribution in [-0.4, -0.2) is 47.7 Å². The number of nitrogens with two attached hydrogens (primary N) is 1. The third-order valence-corrected chi connectivity index (χ3v) is 4.42. The molecule has 2 atom stereocenters. The fraction of sp³-hybridized carbons (Fsp3) is 0.333. The lowest BCUT2D eigenvalue weighted by Gasteiger charge is -2.39. The first-order valence-electron chi connectivity index (χ1n) is 8.54. The van der Waals surface area contributed by atoms with E-state index in [9.17, 15) is 22.4 Å². The number of carbonyl (C=O) groups excluding carboxylic acids is 1. The fourth-order valence-corrected chi connectivity index (χ4v) is 3.06. The van der Waals surface area contributed by atoms with Gasteiger partial charge in [-0.25, -0.2) is 14.4 Å². The lowest BCUT2D eigenvalue weighted by atomic mass is 9.84. The van der Waals surface area contributed by atoms with E-state index in [4.69, 9.17) is 15.2 Å². The maximum absolute atomic E-state index is 14.5. The second kappa shape index (κ2) is 7.86. The molecule has 1 aromatic heterocycles. The van der Waals surface area contributed by atoms with E-state index < -0.39 is 41.7 Å². The van der Waals surface area contributed by atoms with Crippen LogP contribution < -0.4 is 15.8 Å². The molecule has 2 heterocycles. The normalized spacial score (nSPS) is 21.7. The van der Waals surface area contributed by atoms with Crippen LogP contribution in [0.25, 0.3) is 0 Å². The Hall–Kier alpha value is -3.28. The largest absolute Gasteiger partial charge is 0.480 e. The Morgan fingerprint density at radius 2 is 2.07 bits per heavy atom. The maximum Gasteiger partial charge on any atom is 0.417 e. The summed E-state index contributed by atoms with van der Waals surface area (Å²) in [7, 11) is 1.38. The van der Waals surface area contributed by atoms with Gasteiger partial charge in [-0.05, 0) is 25.1 Å². The molecule has 1 aromatic carbocycles. The van der Waals surface area contributed by atoms with Gasteiger partial charge in [0.15, 0.2) is 6.10 Å². The van der Waals surface area contributed by atoms with Crippen LogP contribution in [0.5, 0.6) is 5.88 Å². The number of nitrogens with one attached hydrogen (secondary N) is 1. The minimum atomic E-state index is -4.83. The third kappa shape index (κ3) is 4.17. The van der Waals surface area contributed by atoms with Crippen LogP contribution in [-0.2, 0) is 10.3 Å². The first kappa shape index (κ1) is 21.4. The molecule has 30 heavy (non-hydrogen) atoms. The minimum absolute atomic E-state index is 0.0236. The Morgan fingerprint density at radius 3 is 2.67 bits per heavy atom. The summed E-state index contributed by atoms with van der Waals surface area (Å²) < 4.78 is 64.8. The molecule has 8 nitrogen and oxygen atoms in total. The molecule has 0 aliphatic carbocycles. The summed E-state index contributed by atoms with van der Waals surface area (Å²) in [6.07, 6.45) is -4.88. The number of methoxy groups -OCH3 is 1. The quantitative estimate of drug-likeness (QED) is 0.725. The van der Waals surface area contributed by atoms with Crippen LogP contribution in [0.15, 0.2) is 35.6 Å². The molecular formula is C18H17F4N5O3. The van der Waals surface area contributed by atoms with Gasteiger partial charge in [0.25, 0.3) is 5.91 Å². The van der Waals surface area contributed by atoms with Crippen LogP contribution in [0, 0.1) is 5.82 Å². The molecule has 0 fully saturated rings. The van der Waals surface area contributed by atoms with Gasteiger partial charge in [0.05, 0.1) is 19.5 Å². The average molecular weight is 427 g/mol. The van der Waals surface area contributed by atoms with Crippen molar-refractivity contribution in [3.63, 3.8) is 0 Å². The summed E-state index contributed by atoms with van der Waals surface area (Å²) >= 11 is 0. The zero-order chi connectivity index (χ0) is 22.1. The summed E-state index contributed by atoms with van der Waals surface area (Å²) in [6, 6.07) is 3.16. The molecule has 2 unspecified atom stereocenters. The van der Waals surface area contributed by atoms with Gasteiger partial charge in [-0.15, -0.1) is 0 Å². The van der Waals surface area contributed by atoms with Gasteiger partial charge in [-0.1, -0.05) is 0 Å². The number of ether oxygens (including phenoxy) is 2. The van der Waals surface area contributed by atoms with Crippen molar-refractivity contribution < 1.29 is 31.8 Å². The number of aromatic nitrogens is 2. The predicted molar refractivity (Wildman–Crippen MR) is 97.7 cm³/mol. The fourth-order valence-electron chi connectivity index (χ4n) is 3.06. The number of rotatable bonds is 4. The Bertz CT molecular complexity index is 981. The minimum Gasteiger partial charge on any atom is -0.480 e. The van der Waals surface area contributed by atoms with Crippen molar-refractivity contribution in [3.05, 3.63) is 47.7 Å². The van der Waals surface area contributed by atoms with E-state index in [2.05, 4.69) is 20.3 Å². The second-order valence-electron chi connectivity index (χ2n) is 6.58. The number of halogens is 4. The molecule has 1 aliphatic heterocycles. The molecule has 12 heteroatoms. The standard InChI is InChI=1S/C18H17F4N5O3/c1-17(16(18(20,21)22)30-8-13(23)27-17)10-5-9(3-4-11(10)19)26-15(28)12-6-25-14(29-2)7-24-12/h3-7,16H,8H2,1-2H3,(H2,23,27)(H,26,28). The molecule has 3 rings (SSSR count). The van der Waals surface area contributed by atoms with E-state index in [1.54, 1.807) is 0 Å². The Morgan fingerprint density at radius 1 is 1.33 bits per heavy atom. The molecule has 1 amide bonds. The van der Waals surface area contributed by atoms with Crippen LogP contribution in [0.4, 0.5) is 23.2 Å². The Balaban J connectivity index is 1.95. The second-order valence-corrected chi connectivity index (χ2v) is 6.58. The predicted octanol–water partition coefficient (Wildman–Crippen LogP) is 2.41. The molecule has 0 saturated carbocycles. The summed E-state index contributed by atoms with van der Waals surface area (Å²) in [6.45, 7) is 0.532. The van der Waals surface area contributed by atoms with Crippen molar-refractivity contribution in [3.8, 4) is 5.88 Å². The lowest BCUT2D eigenvalue weighted by Crippen LogP contribution is -2.53. The molecule has 1 aliphatic rings. The lowest BCUT2D eigenvalue weighted by molar-refractivity contribution is -0.238. The van der Waals surface area contributed by atoms with Gasteiger partial charge in [0.2, 0.25) is 5.88 Å². The highest BCUT2D eigenvalue weighted by atomic mass is 19.4. The molecule has 0 saturated heterocycles. The highest BCUT2D eigenvalue weighted by molar-refractivity contribution is 6.02. The summed E-state index contributed by atoms with van der Waals surface area (Å²) in [4.78, 5) is 23.9. The van der Waals surface area contributed by atoms with Crippen LogP contribution in [0.1, 0.15) is 23.0 Å². The third-order valence-electron chi connectivity index (χ3n) is 4.42. The molecule has 3 N–H and O–H groups in total. The molecular weight excluding hydrogens is 410 g/mol. The first-order valence-corrected chi connectivity index (χ1v) is 8.54. The average Bonchev–Trinajstić information content (AvgIpc) is 2.68. The van der Waals surface area contributed by atoms with E-state index in [1.807, 2.05) is 0 Å². The van der Waals surface area contributed by atoms with Crippen LogP contribution >= 0.6 is 0 Å². The van der Waals surface area contributed by atoms with Gasteiger partial charge in [0, 0.05) is 11.3 Å². The number of hydrogen-bond acceptors (Lipinski definition) is 7. The zero-order valence-corrected chi connectivity index (χ0v) is 15.8. The number of hydrogen-bond donors (Lipinski definition) is 2. The van der Waals surface area contributed by atoms with Gasteiger partial charge >= 0.3 is 6.18 Å². The van der Waals surface area contributed by atoms with Crippen molar-refractivity contribution in [2.75, 3.05) is 19.0 Å². The van der Waals surface area contributed by atoms with Gasteiger partial charge < -0.3 is 20.5 Å². The zero-order valence-electron chi connectivity index (χ0n) is 15.8. The Kier molecular flexibility index (Phi) is 5.61. The summed E-state index contributed by atoms with van der Waals surface area (Å²) in [5, 5.41) is 2.43. The molecule has 2 aromatic rings. The number of benzene rings is 1. The highest BCUT2D eigenvalue weighted by Gasteiger charge is 2.56. The van der Waals surface area contributed by atoms with E-state index in [0.29, 0.717) is 0 Å². The Labute approximate surface area is 168 Å². The van der Waals surface area contributed by atoms with E-state index in [0.717, 1.165) is 25.3 Å². The number of amidine groups is 1. The number of alkyl halides is 3. The molecule has 0 spiro atoms. The SMILES string of the molecule is COc1cnc(C(=O)Nc2ccc(F)c(C3(C)N=C(N)COC3C(F)(F)F)c2)cn1. The van der Waals surface area contributed by atoms with Crippen LogP contribution in [0.3, 0.4) is 0 Å². The van der Waals surface area contributed by atoms with E-state index >= 15 is 0 Å². The summed E-state index contributed by atoms with van der Waals surface area (Å²) in [5.41, 5.74) is 2.88. The number of aliphatic imine (C=N–C) groups is 1. The maximum atomic E-state index is 14.5. The number of carbonyl (C=O) groups is 1. The molecule has 0 radical (unpaired) electrons. The van der Waals surface area contributed by atoms with Crippen molar-refractivity contribution in [1.29, 1.82) is 0 Å². The van der Waals surface area contributed by atoms with Crippen LogP contribution in [0.2, 0.25) is 0 Å². The molecule has 160 valence electrons. The van der Waals surface area contributed by atoms with Crippen molar-refractivity contribution in [1.82, 2.24) is 9.97 Å². The van der Waals surface area contributed by atoms with E-state index in [1.165, 1.54) is 19.4 Å². The number of amides is 1. The van der Waals surface area contributed by atoms with Gasteiger partial charge in [-0.3, -0.25) is 9.79 Å². The van der Waals surface area contributed by atoms with Crippen molar-refractivity contribution in [2.45, 2.75) is 24.7 Å². The van der Waals surface area contributed by atoms with Gasteiger partial charge in [0.1, 0.15) is 29.5 Å². The summed E-state index contributed by atoms with van der Waals surface area (Å²) in [5.74, 6) is -1.69. The smallest absolute Gasteiger partial charge is 0.417 e. The number of anilines is 1. The van der Waals surface area contributed by atoms with Crippen molar-refractivity contribution in [2.24, 2.45) is 10.7 Å².